The van der Waals surface area contributed by atoms with Crippen LogP contribution in [0, 0.1) is 5.82 Å². The van der Waals surface area contributed by atoms with E-state index in [1.54, 1.807) is 37.3 Å². The predicted molar refractivity (Wildman–Crippen MR) is 89.3 cm³/mol. The number of nitrogens with one attached hydrogen (secondary N) is 1. The SMILES string of the molecule is CCS(=O)(=O)Nc1ccc(C(=O)C=Cc2ccc(F)cc2)cc1. The number of hydrogen-bond donors (Lipinski definition) is 1. The monoisotopic (exact) mass is 333 g/mol. The molecule has 2 aromatic rings. The summed E-state index contributed by atoms with van der Waals surface area (Å²) in [5.74, 6) is -0.577. The summed E-state index contributed by atoms with van der Waals surface area (Å²) in [5, 5.41) is 0. The molecule has 0 aliphatic carbocycles. The molecule has 0 spiro atoms. The Morgan fingerprint density at radius 1 is 1.09 bits per heavy atom. The molecule has 1 N–H and O–H groups in total. The molecule has 120 valence electrons. The van der Waals surface area contributed by atoms with Crippen LogP contribution in [0.2, 0.25) is 0 Å². The number of ketones is 1. The molecule has 0 heterocycles. The summed E-state index contributed by atoms with van der Waals surface area (Å²) in [5.41, 5.74) is 1.56. The average Bonchev–Trinajstić information content (AvgIpc) is 2.54. The van der Waals surface area contributed by atoms with Crippen LogP contribution in [0.1, 0.15) is 22.8 Å². The molecular formula is C17H16FNO3S. The van der Waals surface area contributed by atoms with E-state index in [4.69, 9.17) is 0 Å². The van der Waals surface area contributed by atoms with Crippen LogP contribution in [0.25, 0.3) is 6.08 Å². The maximum absolute atomic E-state index is 12.8. The van der Waals surface area contributed by atoms with Gasteiger partial charge in [0.1, 0.15) is 5.82 Å². The number of allylic oxidation sites excluding steroid dienone is 1. The number of benzene rings is 2. The van der Waals surface area contributed by atoms with E-state index in [9.17, 15) is 17.6 Å². The van der Waals surface area contributed by atoms with Gasteiger partial charge >= 0.3 is 0 Å². The molecule has 0 aromatic heterocycles. The highest BCUT2D eigenvalue weighted by Crippen LogP contribution is 2.13. The minimum Gasteiger partial charge on any atom is -0.289 e. The van der Waals surface area contributed by atoms with Gasteiger partial charge in [0.25, 0.3) is 0 Å². The Morgan fingerprint density at radius 3 is 2.26 bits per heavy atom. The topological polar surface area (TPSA) is 63.2 Å². The summed E-state index contributed by atoms with van der Waals surface area (Å²) in [6, 6.07) is 11.9. The first-order valence-corrected chi connectivity index (χ1v) is 8.63. The lowest BCUT2D eigenvalue weighted by Gasteiger charge is -2.06. The number of carbonyl (C=O) groups is 1. The first kappa shape index (κ1) is 16.9. The zero-order chi connectivity index (χ0) is 16.9. The third-order valence-corrected chi connectivity index (χ3v) is 4.43. The van der Waals surface area contributed by atoms with Crippen LogP contribution in [-0.2, 0) is 10.0 Å². The Bertz CT molecular complexity index is 810. The van der Waals surface area contributed by atoms with Gasteiger partial charge in [0.15, 0.2) is 5.78 Å². The van der Waals surface area contributed by atoms with E-state index in [0.29, 0.717) is 16.8 Å². The molecule has 2 rings (SSSR count). The van der Waals surface area contributed by atoms with Crippen LogP contribution in [-0.4, -0.2) is 20.0 Å². The second-order valence-electron chi connectivity index (χ2n) is 4.83. The molecular weight excluding hydrogens is 317 g/mol. The van der Waals surface area contributed by atoms with Crippen molar-refractivity contribution in [2.75, 3.05) is 10.5 Å². The number of halogens is 1. The van der Waals surface area contributed by atoms with Crippen molar-refractivity contribution in [3.8, 4) is 0 Å². The molecule has 4 nitrogen and oxygen atoms in total. The molecule has 6 heteroatoms. The molecule has 0 bridgehead atoms. The summed E-state index contributed by atoms with van der Waals surface area (Å²) in [6.45, 7) is 1.54. The van der Waals surface area contributed by atoms with Crippen molar-refractivity contribution in [1.82, 2.24) is 0 Å². The van der Waals surface area contributed by atoms with Crippen LogP contribution in [0.15, 0.2) is 54.6 Å². The van der Waals surface area contributed by atoms with Crippen LogP contribution in [0.4, 0.5) is 10.1 Å². The highest BCUT2D eigenvalue weighted by atomic mass is 32.2. The fourth-order valence-electron chi connectivity index (χ4n) is 1.80. The summed E-state index contributed by atoms with van der Waals surface area (Å²) in [7, 11) is -3.33. The minimum absolute atomic E-state index is 0.0198. The molecule has 0 amide bonds. The lowest BCUT2D eigenvalue weighted by Crippen LogP contribution is -2.14. The van der Waals surface area contributed by atoms with E-state index in [0.717, 1.165) is 0 Å². The minimum atomic E-state index is -3.33. The maximum atomic E-state index is 12.8. The normalized spacial score (nSPS) is 11.6. The van der Waals surface area contributed by atoms with Gasteiger partial charge in [-0.25, -0.2) is 12.8 Å². The van der Waals surface area contributed by atoms with Crippen LogP contribution in [0.5, 0.6) is 0 Å². The quantitative estimate of drug-likeness (QED) is 0.650. The van der Waals surface area contributed by atoms with E-state index in [-0.39, 0.29) is 17.4 Å². The van der Waals surface area contributed by atoms with E-state index < -0.39 is 10.0 Å². The molecule has 0 saturated heterocycles. The summed E-state index contributed by atoms with van der Waals surface area (Å²) in [4.78, 5) is 12.0. The predicted octanol–water partition coefficient (Wildman–Crippen LogP) is 3.48. The second kappa shape index (κ2) is 7.19. The van der Waals surface area contributed by atoms with Gasteiger partial charge in [-0.1, -0.05) is 18.2 Å². The van der Waals surface area contributed by atoms with Crippen molar-refractivity contribution < 1.29 is 17.6 Å². The molecule has 0 aliphatic rings. The van der Waals surface area contributed by atoms with Gasteiger partial charge in [-0.05, 0) is 55.0 Å². The Hall–Kier alpha value is -2.47. The van der Waals surface area contributed by atoms with Gasteiger partial charge in [-0.3, -0.25) is 9.52 Å². The molecule has 2 aromatic carbocycles. The van der Waals surface area contributed by atoms with Crippen molar-refractivity contribution in [1.29, 1.82) is 0 Å². The standard InChI is InChI=1S/C17H16FNO3S/c1-2-23(21,22)19-16-10-6-14(7-11-16)17(20)12-5-13-3-8-15(18)9-4-13/h3-12,19H,2H2,1H3. The van der Waals surface area contributed by atoms with Crippen molar-refractivity contribution in [2.24, 2.45) is 0 Å². The van der Waals surface area contributed by atoms with E-state index in [1.165, 1.54) is 30.3 Å². The number of carbonyl (C=O) groups excluding carboxylic acids is 1. The third kappa shape index (κ3) is 5.03. The molecule has 0 radical (unpaired) electrons. The molecule has 0 saturated carbocycles. The third-order valence-electron chi connectivity index (χ3n) is 3.12. The largest absolute Gasteiger partial charge is 0.289 e. The summed E-state index contributed by atoms with van der Waals surface area (Å²) in [6.07, 6.45) is 2.98. The van der Waals surface area contributed by atoms with E-state index in [1.807, 2.05) is 0 Å². The fraction of sp³-hybridized carbons (Fsp3) is 0.118. The highest BCUT2D eigenvalue weighted by molar-refractivity contribution is 7.92. The van der Waals surface area contributed by atoms with Gasteiger partial charge in [-0.2, -0.15) is 0 Å². The molecule has 0 unspecified atom stereocenters. The second-order valence-corrected chi connectivity index (χ2v) is 6.84. The number of hydrogen-bond acceptors (Lipinski definition) is 3. The molecule has 23 heavy (non-hydrogen) atoms. The van der Waals surface area contributed by atoms with Gasteiger partial charge < -0.3 is 0 Å². The van der Waals surface area contributed by atoms with Crippen molar-refractivity contribution >= 4 is 27.6 Å². The summed E-state index contributed by atoms with van der Waals surface area (Å²) < 4.78 is 38.1. The number of sulfonamides is 1. The smallest absolute Gasteiger partial charge is 0.232 e. The Morgan fingerprint density at radius 2 is 1.70 bits per heavy atom. The molecule has 0 aliphatic heterocycles. The molecule has 0 atom stereocenters. The zero-order valence-electron chi connectivity index (χ0n) is 12.5. The van der Waals surface area contributed by atoms with Crippen LogP contribution >= 0.6 is 0 Å². The average molecular weight is 333 g/mol. The van der Waals surface area contributed by atoms with Gasteiger partial charge in [-0.15, -0.1) is 0 Å². The molecule has 0 fully saturated rings. The van der Waals surface area contributed by atoms with Crippen molar-refractivity contribution in [2.45, 2.75) is 6.92 Å². The number of rotatable bonds is 6. The summed E-state index contributed by atoms with van der Waals surface area (Å²) >= 11 is 0. The lowest BCUT2D eigenvalue weighted by molar-refractivity contribution is 0.104. The van der Waals surface area contributed by atoms with Crippen LogP contribution in [0.3, 0.4) is 0 Å². The fourth-order valence-corrected chi connectivity index (χ4v) is 2.44. The number of anilines is 1. The highest BCUT2D eigenvalue weighted by Gasteiger charge is 2.07. The van der Waals surface area contributed by atoms with Crippen molar-refractivity contribution in [3.05, 3.63) is 71.6 Å². The van der Waals surface area contributed by atoms with Gasteiger partial charge in [0, 0.05) is 11.3 Å². The van der Waals surface area contributed by atoms with Crippen molar-refractivity contribution in [3.63, 3.8) is 0 Å². The Kier molecular flexibility index (Phi) is 5.28. The first-order valence-electron chi connectivity index (χ1n) is 6.98. The van der Waals surface area contributed by atoms with E-state index in [2.05, 4.69) is 4.72 Å². The van der Waals surface area contributed by atoms with E-state index >= 15 is 0 Å². The zero-order valence-corrected chi connectivity index (χ0v) is 13.3. The maximum Gasteiger partial charge on any atom is 0.232 e. The Balaban J connectivity index is 2.07. The lowest BCUT2D eigenvalue weighted by atomic mass is 10.1. The Labute approximate surface area is 134 Å². The first-order chi connectivity index (χ1) is 10.9. The van der Waals surface area contributed by atoms with Gasteiger partial charge in [0.05, 0.1) is 5.75 Å². The van der Waals surface area contributed by atoms with Gasteiger partial charge in [0.2, 0.25) is 10.0 Å². The van der Waals surface area contributed by atoms with Crippen LogP contribution < -0.4 is 4.72 Å².